The summed E-state index contributed by atoms with van der Waals surface area (Å²) < 4.78 is 5.70. The second-order valence-electron chi connectivity index (χ2n) is 7.22. The van der Waals surface area contributed by atoms with Gasteiger partial charge in [-0.25, -0.2) is 0 Å². The number of rotatable bonds is 2. The van der Waals surface area contributed by atoms with Gasteiger partial charge in [-0.1, -0.05) is 18.2 Å². The van der Waals surface area contributed by atoms with Crippen LogP contribution in [0.4, 0.5) is 0 Å². The number of carbonyl (C=O) groups excluding carboxylic acids is 1. The van der Waals surface area contributed by atoms with Crippen LogP contribution in [0.3, 0.4) is 0 Å². The standard InChI is InChI=1S/C18H20N2O2.ClH/c21-18(16-7-12-3-1-2-4-15(12)22-16)19-17-13-5-11-6-14(17)10-20(8-11)9-13;/h1-4,7,11,13-14,17H,5-6,8-10H2,(H,19,21);1H. The van der Waals surface area contributed by atoms with Gasteiger partial charge in [-0.05, 0) is 42.7 Å². The van der Waals surface area contributed by atoms with E-state index in [1.807, 2.05) is 30.3 Å². The molecule has 0 radical (unpaired) electrons. The number of nitrogens with zero attached hydrogens (tertiary/aromatic N) is 1. The van der Waals surface area contributed by atoms with Crippen molar-refractivity contribution in [3.8, 4) is 0 Å². The number of halogens is 1. The van der Waals surface area contributed by atoms with Crippen LogP contribution >= 0.6 is 12.4 Å². The van der Waals surface area contributed by atoms with Crippen molar-refractivity contribution >= 4 is 29.3 Å². The first kappa shape index (κ1) is 15.0. The Kier molecular flexibility index (Phi) is 3.62. The molecule has 2 aromatic rings. The third kappa shape index (κ3) is 2.45. The first-order chi connectivity index (χ1) is 10.8. The maximum atomic E-state index is 12.6. The summed E-state index contributed by atoms with van der Waals surface area (Å²) in [5.74, 6) is 2.50. The van der Waals surface area contributed by atoms with Crippen LogP contribution in [0.5, 0.6) is 0 Å². The zero-order valence-electron chi connectivity index (χ0n) is 12.9. The highest BCUT2D eigenvalue weighted by molar-refractivity contribution is 5.96. The molecule has 1 aromatic heterocycles. The zero-order chi connectivity index (χ0) is 14.7. The highest BCUT2D eigenvalue weighted by Crippen LogP contribution is 2.43. The smallest absolute Gasteiger partial charge is 0.287 e. The number of nitrogens with one attached hydrogen (secondary N) is 1. The summed E-state index contributed by atoms with van der Waals surface area (Å²) in [5, 5.41) is 4.27. The van der Waals surface area contributed by atoms with E-state index in [1.165, 1.54) is 19.4 Å². The van der Waals surface area contributed by atoms with E-state index < -0.39 is 0 Å². The molecule has 4 nitrogen and oxygen atoms in total. The maximum Gasteiger partial charge on any atom is 0.287 e. The van der Waals surface area contributed by atoms with Gasteiger partial charge in [-0.15, -0.1) is 12.4 Å². The van der Waals surface area contributed by atoms with Gasteiger partial charge in [0.1, 0.15) is 5.58 Å². The van der Waals surface area contributed by atoms with E-state index in [0.29, 0.717) is 23.6 Å². The molecular formula is C18H21ClN2O2. The Morgan fingerprint density at radius 3 is 2.57 bits per heavy atom. The Hall–Kier alpha value is -1.52. The van der Waals surface area contributed by atoms with Gasteiger partial charge in [0.05, 0.1) is 0 Å². The molecule has 2 atom stereocenters. The van der Waals surface area contributed by atoms with E-state index in [0.717, 1.165) is 30.0 Å². The van der Waals surface area contributed by atoms with E-state index in [-0.39, 0.29) is 18.3 Å². The molecule has 5 heteroatoms. The van der Waals surface area contributed by atoms with Gasteiger partial charge < -0.3 is 14.6 Å². The van der Waals surface area contributed by atoms with Gasteiger partial charge in [-0.3, -0.25) is 4.79 Å². The monoisotopic (exact) mass is 332 g/mol. The minimum absolute atomic E-state index is 0. The van der Waals surface area contributed by atoms with Gasteiger partial charge in [-0.2, -0.15) is 0 Å². The Bertz CT molecular complexity index is 680. The molecule has 6 rings (SSSR count). The largest absolute Gasteiger partial charge is 0.451 e. The summed E-state index contributed by atoms with van der Waals surface area (Å²) in [4.78, 5) is 15.2. The number of amides is 1. The summed E-state index contributed by atoms with van der Waals surface area (Å²) in [6.45, 7) is 3.58. The van der Waals surface area contributed by atoms with Crippen molar-refractivity contribution in [2.24, 2.45) is 17.8 Å². The fraction of sp³-hybridized carbons (Fsp3) is 0.500. The summed E-state index contributed by atoms with van der Waals surface area (Å²) in [7, 11) is 0. The molecule has 1 saturated carbocycles. The summed E-state index contributed by atoms with van der Waals surface area (Å²) in [5.41, 5.74) is 0.781. The normalized spacial score (nSPS) is 34.3. The number of piperidine rings is 3. The van der Waals surface area contributed by atoms with Crippen LogP contribution in [-0.2, 0) is 0 Å². The number of para-hydroxylation sites is 1. The Morgan fingerprint density at radius 1 is 1.13 bits per heavy atom. The van der Waals surface area contributed by atoms with Crippen molar-refractivity contribution in [3.63, 3.8) is 0 Å². The number of furan rings is 1. The van der Waals surface area contributed by atoms with Crippen LogP contribution in [0.25, 0.3) is 11.0 Å². The minimum atomic E-state index is -0.0522. The Labute approximate surface area is 141 Å². The SMILES string of the molecule is Cl.O=C(NC1C2CC3CC1CN(C3)C2)c1cc2ccccc2o1. The van der Waals surface area contributed by atoms with Gasteiger partial charge in [0.2, 0.25) is 0 Å². The van der Waals surface area contributed by atoms with Crippen LogP contribution < -0.4 is 5.32 Å². The van der Waals surface area contributed by atoms with Gasteiger partial charge >= 0.3 is 0 Å². The van der Waals surface area contributed by atoms with Gasteiger partial charge in [0.15, 0.2) is 5.76 Å². The Morgan fingerprint density at radius 2 is 1.87 bits per heavy atom. The molecule has 1 N–H and O–H groups in total. The van der Waals surface area contributed by atoms with Crippen LogP contribution in [0.2, 0.25) is 0 Å². The van der Waals surface area contributed by atoms with E-state index in [1.54, 1.807) is 0 Å². The number of fused-ring (bicyclic) bond motifs is 1. The minimum Gasteiger partial charge on any atom is -0.451 e. The molecule has 122 valence electrons. The number of carbonyl (C=O) groups is 1. The fourth-order valence-electron chi connectivity index (χ4n) is 4.96. The van der Waals surface area contributed by atoms with Crippen LogP contribution in [0.1, 0.15) is 23.4 Å². The molecule has 3 saturated heterocycles. The molecule has 2 unspecified atom stereocenters. The predicted octanol–water partition coefficient (Wildman–Crippen LogP) is 2.92. The molecule has 23 heavy (non-hydrogen) atoms. The fourth-order valence-corrected chi connectivity index (χ4v) is 4.96. The molecule has 1 aromatic carbocycles. The van der Waals surface area contributed by atoms with E-state index in [9.17, 15) is 4.79 Å². The number of hydrogen-bond acceptors (Lipinski definition) is 3. The second-order valence-corrected chi connectivity index (χ2v) is 7.22. The molecule has 4 bridgehead atoms. The lowest BCUT2D eigenvalue weighted by atomic mass is 9.65. The quantitative estimate of drug-likeness (QED) is 0.919. The van der Waals surface area contributed by atoms with Crippen molar-refractivity contribution in [2.75, 3.05) is 19.6 Å². The third-order valence-corrected chi connectivity index (χ3v) is 5.74. The van der Waals surface area contributed by atoms with Crippen molar-refractivity contribution in [1.82, 2.24) is 10.2 Å². The molecule has 4 heterocycles. The highest BCUT2D eigenvalue weighted by Gasteiger charge is 2.48. The lowest BCUT2D eigenvalue weighted by Gasteiger charge is -2.55. The van der Waals surface area contributed by atoms with Crippen LogP contribution in [0, 0.1) is 17.8 Å². The summed E-state index contributed by atoms with van der Waals surface area (Å²) >= 11 is 0. The molecule has 3 aliphatic heterocycles. The van der Waals surface area contributed by atoms with E-state index in [4.69, 9.17) is 4.42 Å². The van der Waals surface area contributed by atoms with Crippen LogP contribution in [0.15, 0.2) is 34.7 Å². The van der Waals surface area contributed by atoms with E-state index >= 15 is 0 Å². The molecule has 4 aliphatic rings. The predicted molar refractivity (Wildman–Crippen MR) is 90.9 cm³/mol. The van der Waals surface area contributed by atoms with Crippen molar-refractivity contribution < 1.29 is 9.21 Å². The lowest BCUT2D eigenvalue weighted by Crippen LogP contribution is -2.64. The number of benzene rings is 1. The molecule has 1 aliphatic carbocycles. The summed E-state index contributed by atoms with van der Waals surface area (Å²) in [6.07, 6.45) is 2.55. The van der Waals surface area contributed by atoms with Crippen molar-refractivity contribution in [2.45, 2.75) is 18.9 Å². The molecule has 0 spiro atoms. The van der Waals surface area contributed by atoms with Gasteiger partial charge in [0.25, 0.3) is 5.91 Å². The number of hydrogen-bond donors (Lipinski definition) is 1. The zero-order valence-corrected chi connectivity index (χ0v) is 13.7. The lowest BCUT2D eigenvalue weighted by molar-refractivity contribution is -0.0420. The average molecular weight is 333 g/mol. The van der Waals surface area contributed by atoms with Crippen molar-refractivity contribution in [3.05, 3.63) is 36.1 Å². The highest BCUT2D eigenvalue weighted by atomic mass is 35.5. The van der Waals surface area contributed by atoms with Gasteiger partial charge in [0, 0.05) is 31.1 Å². The van der Waals surface area contributed by atoms with E-state index in [2.05, 4.69) is 10.2 Å². The van der Waals surface area contributed by atoms with Crippen molar-refractivity contribution in [1.29, 1.82) is 0 Å². The average Bonchev–Trinajstić information content (AvgIpc) is 2.94. The molecular weight excluding hydrogens is 312 g/mol. The first-order valence-electron chi connectivity index (χ1n) is 8.28. The maximum absolute atomic E-state index is 12.6. The molecule has 1 amide bonds. The Balaban J connectivity index is 0.00000135. The summed E-state index contributed by atoms with van der Waals surface area (Å²) in [6, 6.07) is 9.96. The van der Waals surface area contributed by atoms with Crippen LogP contribution in [-0.4, -0.2) is 36.5 Å². The topological polar surface area (TPSA) is 45.5 Å². The third-order valence-electron chi connectivity index (χ3n) is 5.74. The first-order valence-corrected chi connectivity index (χ1v) is 8.28. The second kappa shape index (κ2) is 5.53. The molecule has 4 fully saturated rings.